The summed E-state index contributed by atoms with van der Waals surface area (Å²) in [5.74, 6) is 0.261. The van der Waals surface area contributed by atoms with Crippen LogP contribution < -0.4 is 5.32 Å². The number of nitrogens with one attached hydrogen (secondary N) is 1. The highest BCUT2D eigenvalue weighted by atomic mass is 16.5. The van der Waals surface area contributed by atoms with E-state index in [9.17, 15) is 9.59 Å². The SMILES string of the molecule is COCCCN1CC2(CCC1=O)CCN(C(=O)Nc1cccc(C)c1)CC2. The van der Waals surface area contributed by atoms with E-state index in [0.29, 0.717) is 13.0 Å². The third-order valence-electron chi connectivity index (χ3n) is 5.91. The summed E-state index contributed by atoms with van der Waals surface area (Å²) in [5.41, 5.74) is 2.14. The first-order valence-electron chi connectivity index (χ1n) is 9.91. The zero-order valence-electron chi connectivity index (χ0n) is 16.5. The molecule has 0 radical (unpaired) electrons. The van der Waals surface area contributed by atoms with E-state index in [0.717, 1.165) is 63.1 Å². The van der Waals surface area contributed by atoms with Crippen molar-refractivity contribution in [2.75, 3.05) is 45.2 Å². The molecule has 1 N–H and O–H groups in total. The molecular weight excluding hydrogens is 342 g/mol. The van der Waals surface area contributed by atoms with Crippen molar-refractivity contribution < 1.29 is 14.3 Å². The van der Waals surface area contributed by atoms with E-state index >= 15 is 0 Å². The van der Waals surface area contributed by atoms with Gasteiger partial charge in [-0.25, -0.2) is 4.79 Å². The number of ether oxygens (including phenoxy) is 1. The lowest BCUT2D eigenvalue weighted by Gasteiger charge is -2.47. The monoisotopic (exact) mass is 373 g/mol. The molecule has 1 aromatic carbocycles. The number of anilines is 1. The second-order valence-electron chi connectivity index (χ2n) is 7.95. The molecule has 0 aliphatic carbocycles. The van der Waals surface area contributed by atoms with Gasteiger partial charge in [0.2, 0.25) is 5.91 Å². The number of carbonyl (C=O) groups is 2. The minimum absolute atomic E-state index is 0.0284. The molecule has 2 heterocycles. The number of benzene rings is 1. The Kier molecular flexibility index (Phi) is 6.37. The number of likely N-dealkylation sites (tertiary alicyclic amines) is 2. The molecule has 6 heteroatoms. The maximum Gasteiger partial charge on any atom is 0.321 e. The van der Waals surface area contributed by atoms with E-state index in [2.05, 4.69) is 5.32 Å². The van der Waals surface area contributed by atoms with E-state index in [1.165, 1.54) is 0 Å². The molecule has 3 rings (SSSR count). The number of nitrogens with zero attached hydrogens (tertiary/aromatic N) is 2. The first-order chi connectivity index (χ1) is 13.0. The number of urea groups is 1. The Labute approximate surface area is 161 Å². The van der Waals surface area contributed by atoms with Gasteiger partial charge in [0.1, 0.15) is 0 Å². The average molecular weight is 373 g/mol. The quantitative estimate of drug-likeness (QED) is 0.806. The highest BCUT2D eigenvalue weighted by Crippen LogP contribution is 2.40. The lowest BCUT2D eigenvalue weighted by Crippen LogP contribution is -2.53. The summed E-state index contributed by atoms with van der Waals surface area (Å²) in [6.07, 6.45) is 4.37. The van der Waals surface area contributed by atoms with Crippen LogP contribution in [-0.4, -0.2) is 61.6 Å². The first kappa shape index (κ1) is 19.7. The van der Waals surface area contributed by atoms with E-state index < -0.39 is 0 Å². The minimum Gasteiger partial charge on any atom is -0.385 e. The van der Waals surface area contributed by atoms with Gasteiger partial charge in [-0.1, -0.05) is 12.1 Å². The van der Waals surface area contributed by atoms with Crippen LogP contribution in [0.2, 0.25) is 0 Å². The Balaban J connectivity index is 1.52. The summed E-state index contributed by atoms with van der Waals surface area (Å²) in [7, 11) is 1.69. The van der Waals surface area contributed by atoms with Gasteiger partial charge in [-0.2, -0.15) is 0 Å². The van der Waals surface area contributed by atoms with E-state index in [1.54, 1.807) is 7.11 Å². The van der Waals surface area contributed by atoms with E-state index in [-0.39, 0.29) is 17.4 Å². The third-order valence-corrected chi connectivity index (χ3v) is 5.91. The molecule has 2 aliphatic rings. The molecule has 2 fully saturated rings. The summed E-state index contributed by atoms with van der Waals surface area (Å²) < 4.78 is 5.11. The smallest absolute Gasteiger partial charge is 0.321 e. The van der Waals surface area contributed by atoms with Crippen molar-refractivity contribution >= 4 is 17.6 Å². The molecular formula is C21H31N3O3. The van der Waals surface area contributed by atoms with Crippen LogP contribution in [0.15, 0.2) is 24.3 Å². The van der Waals surface area contributed by atoms with Crippen molar-refractivity contribution in [2.24, 2.45) is 5.41 Å². The van der Waals surface area contributed by atoms with Crippen molar-refractivity contribution in [1.29, 1.82) is 0 Å². The maximum absolute atomic E-state index is 12.6. The summed E-state index contributed by atoms with van der Waals surface area (Å²) in [5, 5.41) is 3.00. The van der Waals surface area contributed by atoms with Crippen LogP contribution in [0.1, 0.15) is 37.7 Å². The van der Waals surface area contributed by atoms with Crippen molar-refractivity contribution in [3.8, 4) is 0 Å². The topological polar surface area (TPSA) is 61.9 Å². The van der Waals surface area contributed by atoms with Crippen molar-refractivity contribution in [1.82, 2.24) is 9.80 Å². The Morgan fingerprint density at radius 1 is 1.26 bits per heavy atom. The Morgan fingerprint density at radius 3 is 2.74 bits per heavy atom. The number of hydrogen-bond donors (Lipinski definition) is 1. The normalized spacial score (nSPS) is 19.4. The van der Waals surface area contributed by atoms with Crippen LogP contribution in [0.4, 0.5) is 10.5 Å². The molecule has 27 heavy (non-hydrogen) atoms. The maximum atomic E-state index is 12.6. The van der Waals surface area contributed by atoms with Crippen molar-refractivity contribution in [2.45, 2.75) is 39.0 Å². The molecule has 1 aromatic rings. The molecule has 1 spiro atoms. The molecule has 0 aromatic heterocycles. The summed E-state index contributed by atoms with van der Waals surface area (Å²) in [6.45, 7) is 5.79. The number of carbonyl (C=O) groups excluding carboxylic acids is 2. The molecule has 3 amide bonds. The van der Waals surface area contributed by atoms with Crippen molar-refractivity contribution in [3.05, 3.63) is 29.8 Å². The zero-order valence-corrected chi connectivity index (χ0v) is 16.5. The number of piperidine rings is 2. The molecule has 0 bridgehead atoms. The fourth-order valence-corrected chi connectivity index (χ4v) is 4.22. The lowest BCUT2D eigenvalue weighted by molar-refractivity contribution is -0.139. The van der Waals surface area contributed by atoms with Crippen LogP contribution in [-0.2, 0) is 9.53 Å². The van der Waals surface area contributed by atoms with Crippen LogP contribution in [0.5, 0.6) is 0 Å². The summed E-state index contributed by atoms with van der Waals surface area (Å²) in [6, 6.07) is 7.84. The molecule has 2 aliphatic heterocycles. The third kappa shape index (κ3) is 5.01. The molecule has 148 valence electrons. The fourth-order valence-electron chi connectivity index (χ4n) is 4.22. The van der Waals surface area contributed by atoms with Gasteiger partial charge in [0.05, 0.1) is 0 Å². The van der Waals surface area contributed by atoms with Crippen molar-refractivity contribution in [3.63, 3.8) is 0 Å². The predicted octanol–water partition coefficient (Wildman–Crippen LogP) is 3.27. The molecule has 0 atom stereocenters. The van der Waals surface area contributed by atoms with Crippen LogP contribution >= 0.6 is 0 Å². The van der Waals surface area contributed by atoms with Gasteiger partial charge in [0.15, 0.2) is 0 Å². The van der Waals surface area contributed by atoms with Gasteiger partial charge in [0, 0.05) is 52.0 Å². The fraction of sp³-hybridized carbons (Fsp3) is 0.619. The van der Waals surface area contributed by atoms with Gasteiger partial charge < -0.3 is 19.9 Å². The zero-order chi connectivity index (χ0) is 19.3. The number of hydrogen-bond acceptors (Lipinski definition) is 3. The van der Waals surface area contributed by atoms with Crippen LogP contribution in [0.3, 0.4) is 0 Å². The van der Waals surface area contributed by atoms with Gasteiger partial charge in [-0.3, -0.25) is 4.79 Å². The van der Waals surface area contributed by atoms with Gasteiger partial charge >= 0.3 is 6.03 Å². The standard InChI is InChI=1S/C21H31N3O3/c1-17-5-3-6-18(15-17)22-20(26)23-12-9-21(10-13-23)8-7-19(25)24(16-21)11-4-14-27-2/h3,5-6,15H,4,7-14,16H2,1-2H3,(H,22,26). The lowest BCUT2D eigenvalue weighted by atomic mass is 9.72. The highest BCUT2D eigenvalue weighted by molar-refractivity contribution is 5.89. The number of aryl methyl sites for hydroxylation is 1. The number of amides is 3. The molecule has 0 saturated carbocycles. The van der Waals surface area contributed by atoms with Crippen LogP contribution in [0.25, 0.3) is 0 Å². The Morgan fingerprint density at radius 2 is 2.04 bits per heavy atom. The highest BCUT2D eigenvalue weighted by Gasteiger charge is 2.41. The minimum atomic E-state index is -0.0284. The molecule has 0 unspecified atom stereocenters. The Bertz CT molecular complexity index is 668. The molecule has 6 nitrogen and oxygen atoms in total. The summed E-state index contributed by atoms with van der Waals surface area (Å²) >= 11 is 0. The van der Waals surface area contributed by atoms with E-state index in [1.807, 2.05) is 41.0 Å². The number of rotatable bonds is 5. The molecule has 2 saturated heterocycles. The van der Waals surface area contributed by atoms with Gasteiger partial charge in [0.25, 0.3) is 0 Å². The predicted molar refractivity (Wildman–Crippen MR) is 106 cm³/mol. The second-order valence-corrected chi connectivity index (χ2v) is 7.95. The second kappa shape index (κ2) is 8.74. The summed E-state index contributed by atoms with van der Waals surface area (Å²) in [4.78, 5) is 28.7. The number of methoxy groups -OCH3 is 1. The van der Waals surface area contributed by atoms with Gasteiger partial charge in [-0.15, -0.1) is 0 Å². The first-order valence-corrected chi connectivity index (χ1v) is 9.91. The van der Waals surface area contributed by atoms with Gasteiger partial charge in [-0.05, 0) is 55.7 Å². The van der Waals surface area contributed by atoms with Crippen LogP contribution in [0, 0.1) is 12.3 Å². The van der Waals surface area contributed by atoms with E-state index in [4.69, 9.17) is 4.74 Å². The average Bonchev–Trinajstić information content (AvgIpc) is 2.65. The largest absolute Gasteiger partial charge is 0.385 e. The Hall–Kier alpha value is -2.08.